The van der Waals surface area contributed by atoms with Gasteiger partial charge in [-0.3, -0.25) is 9.69 Å². The molecule has 0 N–H and O–H groups in total. The van der Waals surface area contributed by atoms with Crippen molar-refractivity contribution >= 4 is 6.29 Å². The van der Waals surface area contributed by atoms with E-state index >= 15 is 0 Å². The summed E-state index contributed by atoms with van der Waals surface area (Å²) in [6.07, 6.45) is 5.58. The van der Waals surface area contributed by atoms with Crippen molar-refractivity contribution in [3.63, 3.8) is 0 Å². The van der Waals surface area contributed by atoms with Gasteiger partial charge in [0.05, 0.1) is 0 Å². The summed E-state index contributed by atoms with van der Waals surface area (Å²) in [5, 5.41) is 0. The standard InChI is InChI=1S/C7H11NO/c9-7-2-1-4-8-5-3-6-8/h1-2,7H,3-6H2/b2-1+. The largest absolute Gasteiger partial charge is 0.300 e. The van der Waals surface area contributed by atoms with E-state index in [4.69, 9.17) is 0 Å². The first-order valence-corrected chi connectivity index (χ1v) is 3.26. The number of hydrogen-bond acceptors (Lipinski definition) is 2. The molecule has 0 saturated carbocycles. The molecule has 2 heteroatoms. The SMILES string of the molecule is O=C/C=C/CN1CCC1. The van der Waals surface area contributed by atoms with Crippen LogP contribution in [-0.2, 0) is 4.79 Å². The van der Waals surface area contributed by atoms with Crippen molar-refractivity contribution in [3.05, 3.63) is 12.2 Å². The molecule has 9 heavy (non-hydrogen) atoms. The van der Waals surface area contributed by atoms with Crippen molar-refractivity contribution in [3.8, 4) is 0 Å². The van der Waals surface area contributed by atoms with Gasteiger partial charge in [0.2, 0.25) is 0 Å². The van der Waals surface area contributed by atoms with Crippen LogP contribution in [0.15, 0.2) is 12.2 Å². The minimum atomic E-state index is 0.819. The van der Waals surface area contributed by atoms with Crippen molar-refractivity contribution in [2.45, 2.75) is 6.42 Å². The minimum absolute atomic E-state index is 0.819. The van der Waals surface area contributed by atoms with Gasteiger partial charge >= 0.3 is 0 Å². The molecular weight excluding hydrogens is 114 g/mol. The van der Waals surface area contributed by atoms with E-state index in [0.717, 1.165) is 12.8 Å². The van der Waals surface area contributed by atoms with Crippen molar-refractivity contribution in [1.29, 1.82) is 0 Å². The number of nitrogens with zero attached hydrogens (tertiary/aromatic N) is 1. The quantitative estimate of drug-likeness (QED) is 0.403. The van der Waals surface area contributed by atoms with Crippen LogP contribution >= 0.6 is 0 Å². The van der Waals surface area contributed by atoms with E-state index in [0.29, 0.717) is 0 Å². The van der Waals surface area contributed by atoms with E-state index in [1.807, 2.05) is 6.08 Å². The fourth-order valence-corrected chi connectivity index (χ4v) is 0.830. The predicted octanol–water partition coefficient (Wildman–Crippen LogP) is 0.447. The minimum Gasteiger partial charge on any atom is -0.300 e. The van der Waals surface area contributed by atoms with Gasteiger partial charge in [-0.1, -0.05) is 6.08 Å². The van der Waals surface area contributed by atoms with E-state index in [-0.39, 0.29) is 0 Å². The van der Waals surface area contributed by atoms with Gasteiger partial charge in [-0.15, -0.1) is 0 Å². The summed E-state index contributed by atoms with van der Waals surface area (Å²) in [6.45, 7) is 3.34. The zero-order valence-electron chi connectivity index (χ0n) is 5.42. The molecule has 50 valence electrons. The van der Waals surface area contributed by atoms with Crippen molar-refractivity contribution in [2.75, 3.05) is 19.6 Å². The van der Waals surface area contributed by atoms with Crippen LogP contribution in [0.4, 0.5) is 0 Å². The number of allylic oxidation sites excluding steroid dienone is 1. The molecule has 0 aromatic heterocycles. The number of carbonyl (C=O) groups is 1. The maximum atomic E-state index is 9.79. The van der Waals surface area contributed by atoms with Gasteiger partial charge in [-0.2, -0.15) is 0 Å². The van der Waals surface area contributed by atoms with Crippen LogP contribution in [0.5, 0.6) is 0 Å². The third-order valence-electron chi connectivity index (χ3n) is 1.53. The fourth-order valence-electron chi connectivity index (χ4n) is 0.830. The molecule has 0 aliphatic carbocycles. The lowest BCUT2D eigenvalue weighted by Gasteiger charge is -2.29. The van der Waals surface area contributed by atoms with Crippen LogP contribution in [0.2, 0.25) is 0 Å². The topological polar surface area (TPSA) is 20.3 Å². The fraction of sp³-hybridized carbons (Fsp3) is 0.571. The molecule has 1 rings (SSSR count). The molecule has 0 bridgehead atoms. The molecule has 1 aliphatic rings. The molecule has 0 radical (unpaired) electrons. The van der Waals surface area contributed by atoms with E-state index in [1.165, 1.54) is 19.5 Å². The van der Waals surface area contributed by atoms with Gasteiger partial charge in [-0.25, -0.2) is 0 Å². The lowest BCUT2D eigenvalue weighted by Crippen LogP contribution is -2.36. The maximum Gasteiger partial charge on any atom is 0.142 e. The highest BCUT2D eigenvalue weighted by Gasteiger charge is 2.10. The lowest BCUT2D eigenvalue weighted by molar-refractivity contribution is -0.104. The maximum absolute atomic E-state index is 9.79. The van der Waals surface area contributed by atoms with Gasteiger partial charge in [0.15, 0.2) is 0 Å². The second-order valence-electron chi connectivity index (χ2n) is 2.22. The number of carbonyl (C=O) groups excluding carboxylic acids is 1. The van der Waals surface area contributed by atoms with Crippen molar-refractivity contribution < 1.29 is 4.79 Å². The number of rotatable bonds is 3. The Kier molecular flexibility index (Phi) is 2.46. The summed E-state index contributed by atoms with van der Waals surface area (Å²) in [7, 11) is 0. The van der Waals surface area contributed by atoms with Crippen molar-refractivity contribution in [2.24, 2.45) is 0 Å². The molecule has 1 saturated heterocycles. The first kappa shape index (κ1) is 6.49. The number of likely N-dealkylation sites (tertiary alicyclic amines) is 1. The molecule has 0 aromatic rings. The normalized spacial score (nSPS) is 20.0. The highest BCUT2D eigenvalue weighted by atomic mass is 16.1. The molecule has 1 aliphatic heterocycles. The highest BCUT2D eigenvalue weighted by molar-refractivity contribution is 5.64. The molecule has 1 fully saturated rings. The number of aldehydes is 1. The summed E-state index contributed by atoms with van der Waals surface area (Å²) in [5.74, 6) is 0. The second-order valence-corrected chi connectivity index (χ2v) is 2.22. The zero-order chi connectivity index (χ0) is 6.53. The molecule has 0 amide bonds. The van der Waals surface area contributed by atoms with Gasteiger partial charge in [0, 0.05) is 6.54 Å². The molecule has 1 heterocycles. The monoisotopic (exact) mass is 125 g/mol. The highest BCUT2D eigenvalue weighted by Crippen LogP contribution is 2.03. The van der Waals surface area contributed by atoms with Gasteiger partial charge in [-0.05, 0) is 25.6 Å². The molecule has 2 nitrogen and oxygen atoms in total. The lowest BCUT2D eigenvalue weighted by atomic mass is 10.2. The average molecular weight is 125 g/mol. The third-order valence-corrected chi connectivity index (χ3v) is 1.53. The summed E-state index contributed by atoms with van der Waals surface area (Å²) in [4.78, 5) is 12.1. The smallest absolute Gasteiger partial charge is 0.142 e. The Morgan fingerprint density at radius 2 is 2.22 bits per heavy atom. The average Bonchev–Trinajstić information content (AvgIpc) is 1.76. The predicted molar refractivity (Wildman–Crippen MR) is 36.3 cm³/mol. The Morgan fingerprint density at radius 3 is 2.67 bits per heavy atom. The summed E-state index contributed by atoms with van der Waals surface area (Å²) in [5.41, 5.74) is 0. The van der Waals surface area contributed by atoms with Gasteiger partial charge in [0.1, 0.15) is 6.29 Å². The van der Waals surface area contributed by atoms with Crippen LogP contribution in [0.3, 0.4) is 0 Å². The summed E-state index contributed by atoms with van der Waals surface area (Å²) >= 11 is 0. The zero-order valence-corrected chi connectivity index (χ0v) is 5.42. The van der Waals surface area contributed by atoms with E-state index in [1.54, 1.807) is 6.08 Å². The number of hydrogen-bond donors (Lipinski definition) is 0. The summed E-state index contributed by atoms with van der Waals surface area (Å²) in [6, 6.07) is 0. The Hall–Kier alpha value is -0.630. The first-order valence-electron chi connectivity index (χ1n) is 3.26. The second kappa shape index (κ2) is 3.41. The van der Waals surface area contributed by atoms with E-state index < -0.39 is 0 Å². The van der Waals surface area contributed by atoms with Crippen LogP contribution in [-0.4, -0.2) is 30.8 Å². The summed E-state index contributed by atoms with van der Waals surface area (Å²) < 4.78 is 0. The van der Waals surface area contributed by atoms with E-state index in [2.05, 4.69) is 4.90 Å². The first-order chi connectivity index (χ1) is 4.43. The Bertz CT molecular complexity index is 116. The van der Waals surface area contributed by atoms with Crippen molar-refractivity contribution in [1.82, 2.24) is 4.90 Å². The van der Waals surface area contributed by atoms with Crippen LogP contribution in [0.1, 0.15) is 6.42 Å². The Balaban J connectivity index is 2.03. The third kappa shape index (κ3) is 1.98. The van der Waals surface area contributed by atoms with Gasteiger partial charge in [0.25, 0.3) is 0 Å². The molecule has 0 aromatic carbocycles. The van der Waals surface area contributed by atoms with Crippen LogP contribution in [0.25, 0.3) is 0 Å². The molecule has 0 spiro atoms. The van der Waals surface area contributed by atoms with Crippen LogP contribution < -0.4 is 0 Å². The molecular formula is C7H11NO. The molecule has 0 atom stereocenters. The van der Waals surface area contributed by atoms with Gasteiger partial charge < -0.3 is 0 Å². The molecule has 0 unspecified atom stereocenters. The Labute approximate surface area is 55.2 Å². The van der Waals surface area contributed by atoms with Crippen LogP contribution in [0, 0.1) is 0 Å². The Morgan fingerprint density at radius 1 is 1.44 bits per heavy atom. The van der Waals surface area contributed by atoms with E-state index in [9.17, 15) is 4.79 Å².